The first kappa shape index (κ1) is 22.0. The molecule has 1 unspecified atom stereocenters. The van der Waals surface area contributed by atoms with Crippen LogP contribution in [0, 0.1) is 0 Å². The standard InChI is InChI=1S/C17H21N3O6S2/c1-12(21)10-19-28(25,26)16-8-4-14(5-9-16)17(22)20-15-6-2-13(3-7-15)11-27(18,23)24/h2-9,12,19,21H,10-11H2,1H3,(H,20,22)(H2,18,23,24). The molecule has 0 aliphatic heterocycles. The lowest BCUT2D eigenvalue weighted by Gasteiger charge is -2.09. The maximum absolute atomic E-state index is 12.3. The lowest BCUT2D eigenvalue weighted by Crippen LogP contribution is -2.30. The molecule has 1 amide bonds. The summed E-state index contributed by atoms with van der Waals surface area (Å²) < 4.78 is 48.5. The van der Waals surface area contributed by atoms with Crippen LogP contribution in [0.25, 0.3) is 0 Å². The van der Waals surface area contributed by atoms with Crippen LogP contribution in [0.15, 0.2) is 53.4 Å². The van der Waals surface area contributed by atoms with Crippen molar-refractivity contribution in [1.29, 1.82) is 0 Å². The molecule has 152 valence electrons. The van der Waals surface area contributed by atoms with Gasteiger partial charge >= 0.3 is 0 Å². The van der Waals surface area contributed by atoms with Crippen LogP contribution in [0.1, 0.15) is 22.8 Å². The Morgan fingerprint density at radius 3 is 2.11 bits per heavy atom. The first-order valence-electron chi connectivity index (χ1n) is 8.15. The van der Waals surface area contributed by atoms with Crippen molar-refractivity contribution in [2.24, 2.45) is 5.14 Å². The van der Waals surface area contributed by atoms with E-state index in [0.717, 1.165) is 0 Å². The number of aliphatic hydroxyl groups is 1. The zero-order valence-electron chi connectivity index (χ0n) is 15.0. The molecule has 28 heavy (non-hydrogen) atoms. The molecule has 0 heterocycles. The summed E-state index contributed by atoms with van der Waals surface area (Å²) in [6.07, 6.45) is -0.823. The van der Waals surface area contributed by atoms with Crippen molar-refractivity contribution < 1.29 is 26.7 Å². The van der Waals surface area contributed by atoms with Crippen molar-refractivity contribution in [3.05, 3.63) is 59.7 Å². The Kier molecular flexibility index (Phi) is 6.91. The fourth-order valence-electron chi connectivity index (χ4n) is 2.22. The predicted molar refractivity (Wildman–Crippen MR) is 105 cm³/mol. The average Bonchev–Trinajstić information content (AvgIpc) is 2.60. The largest absolute Gasteiger partial charge is 0.392 e. The van der Waals surface area contributed by atoms with E-state index in [0.29, 0.717) is 11.3 Å². The molecule has 11 heteroatoms. The molecule has 0 radical (unpaired) electrons. The summed E-state index contributed by atoms with van der Waals surface area (Å²) in [7, 11) is -7.41. The minimum absolute atomic E-state index is 0.0305. The fraction of sp³-hybridized carbons (Fsp3) is 0.235. The van der Waals surface area contributed by atoms with Gasteiger partial charge in [-0.1, -0.05) is 12.1 Å². The Morgan fingerprint density at radius 1 is 1.04 bits per heavy atom. The molecule has 2 rings (SSSR count). The molecule has 0 saturated carbocycles. The lowest BCUT2D eigenvalue weighted by molar-refractivity contribution is 0.102. The molecule has 0 bridgehead atoms. The molecule has 2 aromatic carbocycles. The van der Waals surface area contributed by atoms with Crippen LogP contribution in [0.4, 0.5) is 5.69 Å². The Balaban J connectivity index is 2.05. The number of nitrogens with one attached hydrogen (secondary N) is 2. The number of hydrogen-bond donors (Lipinski definition) is 4. The van der Waals surface area contributed by atoms with Crippen molar-refractivity contribution in [2.75, 3.05) is 11.9 Å². The number of sulfonamides is 2. The molecule has 0 fully saturated rings. The number of rotatable bonds is 8. The zero-order valence-corrected chi connectivity index (χ0v) is 16.6. The van der Waals surface area contributed by atoms with E-state index in [1.165, 1.54) is 55.5 Å². The quantitative estimate of drug-likeness (QED) is 0.477. The second kappa shape index (κ2) is 8.80. The number of aliphatic hydroxyl groups excluding tert-OH is 1. The van der Waals surface area contributed by atoms with Crippen molar-refractivity contribution in [3.63, 3.8) is 0 Å². The predicted octanol–water partition coefficient (Wildman–Crippen LogP) is 0.387. The van der Waals surface area contributed by atoms with Gasteiger partial charge < -0.3 is 10.4 Å². The van der Waals surface area contributed by atoms with E-state index >= 15 is 0 Å². The van der Waals surface area contributed by atoms with E-state index in [2.05, 4.69) is 10.0 Å². The highest BCUT2D eigenvalue weighted by Gasteiger charge is 2.15. The van der Waals surface area contributed by atoms with E-state index in [9.17, 15) is 26.7 Å². The van der Waals surface area contributed by atoms with Crippen LogP contribution in [-0.2, 0) is 25.8 Å². The van der Waals surface area contributed by atoms with Gasteiger partial charge in [0.2, 0.25) is 20.0 Å². The minimum Gasteiger partial charge on any atom is -0.392 e. The molecule has 0 aliphatic rings. The van der Waals surface area contributed by atoms with Gasteiger partial charge in [-0.15, -0.1) is 0 Å². The van der Waals surface area contributed by atoms with Gasteiger partial charge in [0.05, 0.1) is 16.8 Å². The zero-order chi connectivity index (χ0) is 20.9. The van der Waals surface area contributed by atoms with Gasteiger partial charge in [-0.3, -0.25) is 4.79 Å². The monoisotopic (exact) mass is 427 g/mol. The number of primary sulfonamides is 1. The SMILES string of the molecule is CC(O)CNS(=O)(=O)c1ccc(C(=O)Nc2ccc(CS(N)(=O)=O)cc2)cc1. The molecule has 0 aliphatic carbocycles. The summed E-state index contributed by atoms with van der Waals surface area (Å²) in [4.78, 5) is 12.2. The molecule has 5 N–H and O–H groups in total. The number of hydrogen-bond acceptors (Lipinski definition) is 6. The number of benzene rings is 2. The van der Waals surface area contributed by atoms with Crippen LogP contribution in [0.2, 0.25) is 0 Å². The maximum atomic E-state index is 12.3. The molecule has 0 spiro atoms. The number of carbonyl (C=O) groups excluding carboxylic acids is 1. The summed E-state index contributed by atoms with van der Waals surface area (Å²) in [5, 5.41) is 16.8. The fourth-order valence-corrected chi connectivity index (χ4v) is 4.00. The molecule has 2 aromatic rings. The van der Waals surface area contributed by atoms with Gasteiger partial charge in [0.25, 0.3) is 5.91 Å². The van der Waals surface area contributed by atoms with Crippen LogP contribution in [0.5, 0.6) is 0 Å². The smallest absolute Gasteiger partial charge is 0.255 e. The van der Waals surface area contributed by atoms with Gasteiger partial charge in [0.1, 0.15) is 0 Å². The van der Waals surface area contributed by atoms with E-state index in [1.807, 2.05) is 0 Å². The van der Waals surface area contributed by atoms with Crippen LogP contribution in [-0.4, -0.2) is 40.5 Å². The molecule has 1 atom stereocenters. The van der Waals surface area contributed by atoms with Crippen molar-refractivity contribution in [1.82, 2.24) is 4.72 Å². The third kappa shape index (κ3) is 6.69. The van der Waals surface area contributed by atoms with E-state index in [1.54, 1.807) is 0 Å². The number of nitrogens with two attached hydrogens (primary N) is 1. The van der Waals surface area contributed by atoms with Gasteiger partial charge in [0.15, 0.2) is 0 Å². The van der Waals surface area contributed by atoms with Gasteiger partial charge in [0, 0.05) is 17.8 Å². The third-order valence-corrected chi connectivity index (χ3v) is 5.75. The third-order valence-electron chi connectivity index (χ3n) is 3.58. The highest BCUT2D eigenvalue weighted by Crippen LogP contribution is 2.15. The first-order valence-corrected chi connectivity index (χ1v) is 11.3. The van der Waals surface area contributed by atoms with E-state index < -0.39 is 32.1 Å². The van der Waals surface area contributed by atoms with Crippen molar-refractivity contribution >= 4 is 31.6 Å². The van der Waals surface area contributed by atoms with Crippen LogP contribution < -0.4 is 15.2 Å². The Bertz CT molecular complexity index is 1030. The van der Waals surface area contributed by atoms with E-state index in [4.69, 9.17) is 5.14 Å². The maximum Gasteiger partial charge on any atom is 0.255 e. The van der Waals surface area contributed by atoms with Gasteiger partial charge in [-0.2, -0.15) is 0 Å². The Labute approximate surface area is 163 Å². The van der Waals surface area contributed by atoms with Crippen molar-refractivity contribution in [2.45, 2.75) is 23.7 Å². The summed E-state index contributed by atoms with van der Waals surface area (Å²) in [6, 6.07) is 11.4. The topological polar surface area (TPSA) is 156 Å². The van der Waals surface area contributed by atoms with Gasteiger partial charge in [-0.25, -0.2) is 26.7 Å². The average molecular weight is 428 g/mol. The minimum atomic E-state index is -3.78. The summed E-state index contributed by atoms with van der Waals surface area (Å²) in [5.74, 6) is -0.764. The first-order chi connectivity index (χ1) is 13.0. The summed E-state index contributed by atoms with van der Waals surface area (Å²) in [5.41, 5.74) is 1.17. The summed E-state index contributed by atoms with van der Waals surface area (Å²) in [6.45, 7) is 1.34. The van der Waals surface area contributed by atoms with E-state index in [-0.39, 0.29) is 22.8 Å². The molecule has 0 saturated heterocycles. The number of carbonyl (C=O) groups is 1. The molecular weight excluding hydrogens is 406 g/mol. The lowest BCUT2D eigenvalue weighted by atomic mass is 10.2. The summed E-state index contributed by atoms with van der Waals surface area (Å²) >= 11 is 0. The second-order valence-corrected chi connectivity index (χ2v) is 9.56. The molecule has 0 aromatic heterocycles. The van der Waals surface area contributed by atoms with Crippen LogP contribution in [0.3, 0.4) is 0 Å². The highest BCUT2D eigenvalue weighted by molar-refractivity contribution is 7.89. The Morgan fingerprint density at radius 2 is 1.61 bits per heavy atom. The Hall–Kier alpha value is -2.31. The second-order valence-electron chi connectivity index (χ2n) is 6.18. The molecule has 9 nitrogen and oxygen atoms in total. The van der Waals surface area contributed by atoms with Gasteiger partial charge in [-0.05, 0) is 48.9 Å². The van der Waals surface area contributed by atoms with Crippen LogP contribution >= 0.6 is 0 Å². The van der Waals surface area contributed by atoms with Crippen molar-refractivity contribution in [3.8, 4) is 0 Å². The highest BCUT2D eigenvalue weighted by atomic mass is 32.2. The number of anilines is 1. The molecular formula is C17H21N3O6S2. The normalized spacial score (nSPS) is 13.1. The number of amides is 1.